The van der Waals surface area contributed by atoms with E-state index in [0.29, 0.717) is 0 Å². The molecule has 49 heavy (non-hydrogen) atoms. The van der Waals surface area contributed by atoms with E-state index in [1.165, 1.54) is 21.1 Å². The lowest BCUT2D eigenvalue weighted by Crippen LogP contribution is -2.65. The van der Waals surface area contributed by atoms with Crippen LogP contribution in [0.15, 0.2) is 36.4 Å². The molecule has 3 rings (SSSR count). The van der Waals surface area contributed by atoms with Crippen molar-refractivity contribution in [2.24, 2.45) is 0 Å². The number of halogens is 15. The van der Waals surface area contributed by atoms with Gasteiger partial charge in [0.1, 0.15) is 11.7 Å². The first-order valence-corrected chi connectivity index (χ1v) is 13.9. The highest BCUT2D eigenvalue weighted by Crippen LogP contribution is 2.47. The van der Waals surface area contributed by atoms with E-state index < -0.39 is 92.5 Å². The molecule has 24 heteroatoms. The highest BCUT2D eigenvalue weighted by molar-refractivity contribution is 7.86. The summed E-state index contributed by atoms with van der Waals surface area (Å²) in [6, 6.07) is 0.914. The summed E-state index contributed by atoms with van der Waals surface area (Å²) in [5, 5.41) is 1.13. The number of hydrogen-bond donors (Lipinski definition) is 2. The maximum absolute atomic E-state index is 13.4. The van der Waals surface area contributed by atoms with E-state index in [2.05, 4.69) is 4.74 Å². The third kappa shape index (κ3) is 9.33. The van der Waals surface area contributed by atoms with Crippen LogP contribution < -0.4 is 9.80 Å². The van der Waals surface area contributed by atoms with Crippen molar-refractivity contribution in [2.45, 2.75) is 48.4 Å². The lowest BCUT2D eigenvalue weighted by atomic mass is 9.94. The number of rotatable bonds is 5. The van der Waals surface area contributed by atoms with Crippen molar-refractivity contribution >= 4 is 27.6 Å². The molecule has 0 bridgehead atoms. The maximum Gasteiger partial charge on any atom is 0.522 e. The van der Waals surface area contributed by atoms with E-state index in [1.54, 1.807) is 0 Å². The first-order valence-electron chi connectivity index (χ1n) is 12.5. The second-order valence-corrected chi connectivity index (χ2v) is 12.3. The van der Waals surface area contributed by atoms with Crippen LogP contribution >= 0.6 is 0 Å². The predicted octanol–water partition coefficient (Wildman–Crippen LogP) is 6.42. The van der Waals surface area contributed by atoms with Gasteiger partial charge in [-0.05, 0) is 30.3 Å². The average molecular weight is 761 g/mol. The summed E-state index contributed by atoms with van der Waals surface area (Å²) in [5.74, 6) is -3.30. The second-order valence-electron chi connectivity index (χ2n) is 10.9. The molecule has 2 aromatic carbocycles. The quantitative estimate of drug-likeness (QED) is 0.0904. The molecule has 0 aliphatic carbocycles. The van der Waals surface area contributed by atoms with Gasteiger partial charge in [-0.2, -0.15) is 74.3 Å². The molecule has 8 nitrogen and oxygen atoms in total. The third-order valence-corrected chi connectivity index (χ3v) is 6.93. The molecule has 1 saturated heterocycles. The number of hydrogen-bond acceptors (Lipinski definition) is 6. The summed E-state index contributed by atoms with van der Waals surface area (Å²) in [4.78, 5) is 25.2. The number of ketones is 1. The Bertz CT molecular complexity index is 1640. The Hall–Kier alpha value is -3.64. The van der Waals surface area contributed by atoms with Gasteiger partial charge in [0.05, 0.1) is 32.3 Å². The molecule has 2 aromatic rings. The number of nitrogens with one attached hydrogen (secondary N) is 1. The highest BCUT2D eigenvalue weighted by atomic mass is 32.2. The second kappa shape index (κ2) is 12.9. The minimum atomic E-state index is -6.13. The van der Waals surface area contributed by atoms with E-state index in [9.17, 15) is 75.4 Å². The molecule has 276 valence electrons. The summed E-state index contributed by atoms with van der Waals surface area (Å²) in [6.45, 7) is 0. The first-order chi connectivity index (χ1) is 21.5. The zero-order chi connectivity index (χ0) is 38.6. The van der Waals surface area contributed by atoms with Crippen LogP contribution in [0, 0.1) is 0 Å². The molecule has 0 aromatic heterocycles. The molecule has 1 unspecified atom stereocenters. The van der Waals surface area contributed by atoms with Gasteiger partial charge in [-0.3, -0.25) is 23.9 Å². The minimum absolute atomic E-state index is 0.146. The van der Waals surface area contributed by atoms with Gasteiger partial charge in [-0.15, -0.1) is 0 Å². The third-order valence-electron chi connectivity index (χ3n) is 6.34. The predicted molar refractivity (Wildman–Crippen MR) is 135 cm³/mol. The molecule has 0 radical (unpaired) electrons. The zero-order valence-corrected chi connectivity index (χ0v) is 25.1. The van der Waals surface area contributed by atoms with Crippen LogP contribution in [0.25, 0.3) is 0 Å². The molecule has 0 spiro atoms. The summed E-state index contributed by atoms with van der Waals surface area (Å²) in [5.41, 5.74) is -15.8. The SMILES string of the molecule is C[N+](C)(C)c1ccc(C(=O)c2cc(C(F)(F)F)cc(C(F)(F)F)c2)cc1CC1NC(C(F)(F)F)(C(F)(F)F)OC1=O.O=S(=O)(O)C(F)(F)F. The topological polar surface area (TPSA) is 110 Å². The molecule has 1 heterocycles. The van der Waals surface area contributed by atoms with Crippen molar-refractivity contribution in [1.82, 2.24) is 9.80 Å². The number of carbonyl (C=O) groups excluding carboxylic acids is 2. The van der Waals surface area contributed by atoms with Gasteiger partial charge in [0.15, 0.2) is 5.78 Å². The molecular formula is C25H20F15N2O6S+. The van der Waals surface area contributed by atoms with Crippen LogP contribution in [0.1, 0.15) is 32.6 Å². The maximum atomic E-state index is 13.4. The molecule has 0 saturated carbocycles. The fraction of sp³-hybridized carbons (Fsp3) is 0.440. The van der Waals surface area contributed by atoms with Gasteiger partial charge in [0, 0.05) is 29.2 Å². The Kier molecular flexibility index (Phi) is 10.9. The molecule has 1 aliphatic rings. The minimum Gasteiger partial charge on any atom is -0.424 e. The fourth-order valence-electron chi connectivity index (χ4n) is 4.15. The van der Waals surface area contributed by atoms with Crippen molar-refractivity contribution in [2.75, 3.05) is 21.1 Å². The fourth-order valence-corrected chi connectivity index (χ4v) is 4.15. The summed E-state index contributed by atoms with van der Waals surface area (Å²) in [7, 11) is -1.34. The van der Waals surface area contributed by atoms with E-state index in [0.717, 1.165) is 23.5 Å². The van der Waals surface area contributed by atoms with Crippen LogP contribution in [0.2, 0.25) is 0 Å². The van der Waals surface area contributed by atoms with Crippen molar-refractivity contribution in [3.63, 3.8) is 0 Å². The van der Waals surface area contributed by atoms with E-state index in [4.69, 9.17) is 13.0 Å². The number of carbonyl (C=O) groups is 2. The molecule has 1 aliphatic heterocycles. The number of benzene rings is 2. The Morgan fingerprint density at radius 2 is 1.22 bits per heavy atom. The van der Waals surface area contributed by atoms with Crippen LogP contribution in [0.4, 0.5) is 71.5 Å². The molecule has 2 N–H and O–H groups in total. The smallest absolute Gasteiger partial charge is 0.424 e. The Morgan fingerprint density at radius 3 is 1.55 bits per heavy atom. The molecule has 1 atom stereocenters. The van der Waals surface area contributed by atoms with Crippen molar-refractivity contribution in [3.8, 4) is 0 Å². The number of alkyl halides is 15. The van der Waals surface area contributed by atoms with E-state index in [1.807, 2.05) is 0 Å². The summed E-state index contributed by atoms with van der Waals surface area (Å²) in [6.07, 6.45) is -23.7. The van der Waals surface area contributed by atoms with Crippen molar-refractivity contribution < 1.29 is 93.2 Å². The van der Waals surface area contributed by atoms with Gasteiger partial charge >= 0.3 is 52.0 Å². The van der Waals surface area contributed by atoms with Crippen molar-refractivity contribution in [3.05, 3.63) is 64.2 Å². The molecular weight excluding hydrogens is 741 g/mol. The van der Waals surface area contributed by atoms with Crippen LogP contribution in [0.5, 0.6) is 0 Å². The number of cyclic esters (lactones) is 1. The van der Waals surface area contributed by atoms with Crippen LogP contribution in [0.3, 0.4) is 0 Å². The van der Waals surface area contributed by atoms with Gasteiger partial charge in [-0.25, -0.2) is 0 Å². The Balaban J connectivity index is 0.000000924. The average Bonchev–Trinajstić information content (AvgIpc) is 3.23. The standard InChI is InChI=1S/C24H19F12N2O3.CHF3O3S/c1-38(2,3)17-5-4-11(18(39)13-7-14(20(25,26)27)10-15(8-13)21(28,29)30)6-12(17)9-16-19(40)41-22(37-16,23(31,32)33)24(34,35)36;2-1(3,4)8(5,6)7/h4-8,10,16,37H,9H2,1-3H3;(H,5,6,7)/q+1;. The number of ether oxygens (including phenoxy) is 1. The monoisotopic (exact) mass is 761 g/mol. The number of esters is 1. The highest BCUT2D eigenvalue weighted by Gasteiger charge is 2.78. The number of nitrogens with zero attached hydrogens (tertiary/aromatic N) is 1. The van der Waals surface area contributed by atoms with Gasteiger partial charge in [-0.1, -0.05) is 0 Å². The Morgan fingerprint density at radius 1 is 0.796 bits per heavy atom. The zero-order valence-electron chi connectivity index (χ0n) is 24.3. The first kappa shape index (κ1) is 41.5. The van der Waals surface area contributed by atoms with Gasteiger partial charge in [0.25, 0.3) is 0 Å². The lowest BCUT2D eigenvalue weighted by Gasteiger charge is -2.32. The molecule has 0 amide bonds. The largest absolute Gasteiger partial charge is 0.522 e. The normalized spacial score (nSPS) is 17.7. The molecule has 1 fully saturated rings. The Labute approximate surface area is 264 Å². The lowest BCUT2D eigenvalue weighted by molar-refractivity contribution is -0.369. The van der Waals surface area contributed by atoms with Gasteiger partial charge < -0.3 is 4.74 Å². The van der Waals surface area contributed by atoms with Gasteiger partial charge in [0.2, 0.25) is 0 Å². The van der Waals surface area contributed by atoms with Crippen LogP contribution in [-0.2, 0) is 38.4 Å². The summed E-state index contributed by atoms with van der Waals surface area (Å²) < 4.78 is 221. The van der Waals surface area contributed by atoms with Crippen molar-refractivity contribution in [1.29, 1.82) is 0 Å². The van der Waals surface area contributed by atoms with Crippen LogP contribution in [-0.4, -0.2) is 75.5 Å². The number of quaternary nitrogens is 1. The summed E-state index contributed by atoms with van der Waals surface area (Å²) >= 11 is 0. The van der Waals surface area contributed by atoms with E-state index >= 15 is 0 Å². The van der Waals surface area contributed by atoms with E-state index in [-0.39, 0.29) is 33.9 Å².